The molecule has 0 saturated heterocycles. The number of nitrogens with one attached hydrogen (secondary N) is 1. The maximum atomic E-state index is 12.3. The number of nitrogens with zero attached hydrogens (tertiary/aromatic N) is 3. The summed E-state index contributed by atoms with van der Waals surface area (Å²) in [6.07, 6.45) is 0. The number of thioether (sulfide) groups is 1. The molecule has 3 aromatic rings. The van der Waals surface area contributed by atoms with Gasteiger partial charge in [0.15, 0.2) is 11.5 Å². The summed E-state index contributed by atoms with van der Waals surface area (Å²) in [7, 11) is 5.84. The molecule has 0 spiro atoms. The number of hydrogen-bond acceptors (Lipinski definition) is 11. The summed E-state index contributed by atoms with van der Waals surface area (Å²) in [6, 6.07) is 7.22. The second kappa shape index (κ2) is 10.5. The number of nitro groups is 1. The number of nitro benzene ring substituents is 1. The lowest BCUT2D eigenvalue weighted by Crippen LogP contribution is -2.14. The quantitative estimate of drug-likeness (QED) is 0.261. The van der Waals surface area contributed by atoms with Gasteiger partial charge in [0.1, 0.15) is 5.75 Å². The molecular formula is C20H20N4O8S. The van der Waals surface area contributed by atoms with Gasteiger partial charge < -0.3 is 28.7 Å². The molecule has 0 aliphatic heterocycles. The van der Waals surface area contributed by atoms with E-state index in [0.717, 1.165) is 11.8 Å². The Hall–Kier alpha value is -4.00. The third kappa shape index (κ3) is 5.44. The number of anilines is 1. The van der Waals surface area contributed by atoms with Crippen LogP contribution in [0.25, 0.3) is 11.5 Å². The van der Waals surface area contributed by atoms with Crippen LogP contribution in [0, 0.1) is 10.1 Å². The van der Waals surface area contributed by atoms with E-state index in [4.69, 9.17) is 23.4 Å². The smallest absolute Gasteiger partial charge is 0.277 e. The van der Waals surface area contributed by atoms with E-state index in [2.05, 4.69) is 15.5 Å². The van der Waals surface area contributed by atoms with Crippen molar-refractivity contribution in [1.29, 1.82) is 0 Å². The lowest BCUT2D eigenvalue weighted by molar-refractivity contribution is -0.384. The van der Waals surface area contributed by atoms with Gasteiger partial charge in [-0.05, 0) is 18.2 Å². The molecule has 0 aliphatic carbocycles. The highest BCUT2D eigenvalue weighted by Crippen LogP contribution is 2.41. The average molecular weight is 476 g/mol. The topological polar surface area (TPSA) is 148 Å². The molecular weight excluding hydrogens is 456 g/mol. The van der Waals surface area contributed by atoms with E-state index in [1.54, 1.807) is 12.1 Å². The van der Waals surface area contributed by atoms with E-state index in [0.29, 0.717) is 28.5 Å². The number of ether oxygens (including phenoxy) is 4. The summed E-state index contributed by atoms with van der Waals surface area (Å²) >= 11 is 1.02. The second-order valence-electron chi connectivity index (χ2n) is 6.27. The normalized spacial score (nSPS) is 10.4. The minimum atomic E-state index is -0.550. The molecule has 0 fully saturated rings. The Balaban J connectivity index is 1.68. The molecule has 3 rings (SSSR count). The zero-order valence-electron chi connectivity index (χ0n) is 18.1. The number of aromatic nitrogens is 2. The lowest BCUT2D eigenvalue weighted by atomic mass is 10.2. The van der Waals surface area contributed by atoms with Crippen LogP contribution in [0.4, 0.5) is 11.4 Å². The highest BCUT2D eigenvalue weighted by molar-refractivity contribution is 7.99. The van der Waals surface area contributed by atoms with Crippen molar-refractivity contribution in [3.05, 3.63) is 40.4 Å². The summed E-state index contributed by atoms with van der Waals surface area (Å²) in [5, 5.41) is 21.6. The first kappa shape index (κ1) is 23.7. The number of hydrogen-bond donors (Lipinski definition) is 1. The standard InChI is InChI=1S/C20H20N4O8S/c1-28-14-9-12(24(26)27)5-6-13(14)21-17(25)10-33-20-23-22-19(32-20)11-7-15(29-2)18(31-4)16(8-11)30-3/h5-9H,10H2,1-4H3,(H,21,25). The molecule has 0 bridgehead atoms. The molecule has 33 heavy (non-hydrogen) atoms. The summed E-state index contributed by atoms with van der Waals surface area (Å²) in [6.45, 7) is 0. The first-order valence-corrected chi connectivity index (χ1v) is 10.3. The molecule has 12 nitrogen and oxygen atoms in total. The fourth-order valence-corrected chi connectivity index (χ4v) is 3.36. The van der Waals surface area contributed by atoms with Gasteiger partial charge in [0, 0.05) is 11.6 Å². The van der Waals surface area contributed by atoms with Crippen molar-refractivity contribution in [2.75, 3.05) is 39.5 Å². The van der Waals surface area contributed by atoms with Gasteiger partial charge in [-0.1, -0.05) is 11.8 Å². The first-order chi connectivity index (χ1) is 15.9. The third-order valence-electron chi connectivity index (χ3n) is 4.31. The summed E-state index contributed by atoms with van der Waals surface area (Å²) < 4.78 is 26.7. The summed E-state index contributed by atoms with van der Waals surface area (Å²) in [5.41, 5.74) is 0.700. The van der Waals surface area contributed by atoms with E-state index in [1.807, 2.05) is 0 Å². The molecule has 0 aliphatic rings. The van der Waals surface area contributed by atoms with Gasteiger partial charge in [0.25, 0.3) is 10.9 Å². The van der Waals surface area contributed by atoms with Gasteiger partial charge in [-0.15, -0.1) is 10.2 Å². The van der Waals surface area contributed by atoms with Crippen LogP contribution in [0.1, 0.15) is 0 Å². The maximum Gasteiger partial charge on any atom is 0.277 e. The number of benzene rings is 2. The van der Waals surface area contributed by atoms with Crippen molar-refractivity contribution >= 4 is 29.0 Å². The zero-order valence-corrected chi connectivity index (χ0v) is 18.9. The number of amides is 1. The van der Waals surface area contributed by atoms with E-state index in [-0.39, 0.29) is 34.2 Å². The van der Waals surface area contributed by atoms with Crippen LogP contribution >= 0.6 is 11.8 Å². The Morgan fingerprint density at radius 2 is 1.70 bits per heavy atom. The van der Waals surface area contributed by atoms with Gasteiger partial charge in [-0.25, -0.2) is 0 Å². The van der Waals surface area contributed by atoms with Crippen LogP contribution < -0.4 is 24.3 Å². The Morgan fingerprint density at radius 1 is 1.03 bits per heavy atom. The number of carbonyl (C=O) groups is 1. The molecule has 1 N–H and O–H groups in total. The minimum Gasteiger partial charge on any atom is -0.494 e. The predicted molar refractivity (Wildman–Crippen MR) is 118 cm³/mol. The molecule has 0 radical (unpaired) electrons. The molecule has 1 aromatic heterocycles. The largest absolute Gasteiger partial charge is 0.494 e. The molecule has 0 unspecified atom stereocenters. The van der Waals surface area contributed by atoms with Gasteiger partial charge in [-0.2, -0.15) is 0 Å². The number of rotatable bonds is 10. The Labute approximate surface area is 192 Å². The molecule has 0 saturated carbocycles. The van der Waals surface area contributed by atoms with Gasteiger partial charge in [-0.3, -0.25) is 14.9 Å². The van der Waals surface area contributed by atoms with Crippen LogP contribution in [-0.4, -0.2) is 55.2 Å². The van der Waals surface area contributed by atoms with Crippen molar-refractivity contribution in [3.63, 3.8) is 0 Å². The fraction of sp³-hybridized carbons (Fsp3) is 0.250. The zero-order chi connectivity index (χ0) is 24.0. The van der Waals surface area contributed by atoms with E-state index in [9.17, 15) is 14.9 Å². The molecule has 1 amide bonds. The van der Waals surface area contributed by atoms with Crippen LogP contribution in [-0.2, 0) is 4.79 Å². The van der Waals surface area contributed by atoms with E-state index in [1.165, 1.54) is 46.6 Å². The van der Waals surface area contributed by atoms with Gasteiger partial charge >= 0.3 is 0 Å². The van der Waals surface area contributed by atoms with E-state index >= 15 is 0 Å². The fourth-order valence-electron chi connectivity index (χ4n) is 2.80. The minimum absolute atomic E-state index is 0.0446. The first-order valence-electron chi connectivity index (χ1n) is 9.29. The van der Waals surface area contributed by atoms with Crippen LogP contribution in [0.5, 0.6) is 23.0 Å². The van der Waals surface area contributed by atoms with Crippen molar-refractivity contribution < 1.29 is 33.1 Å². The maximum absolute atomic E-state index is 12.3. The second-order valence-corrected chi connectivity index (χ2v) is 7.19. The Bertz CT molecular complexity index is 1140. The molecule has 1 heterocycles. The third-order valence-corrected chi connectivity index (χ3v) is 5.13. The highest BCUT2D eigenvalue weighted by atomic mass is 32.2. The molecule has 13 heteroatoms. The monoisotopic (exact) mass is 476 g/mol. The predicted octanol–water partition coefficient (Wildman–Crippen LogP) is 3.41. The van der Waals surface area contributed by atoms with Crippen LogP contribution in [0.15, 0.2) is 40.0 Å². The van der Waals surface area contributed by atoms with Crippen molar-refractivity contribution in [2.45, 2.75) is 5.22 Å². The number of methoxy groups -OCH3 is 4. The van der Waals surface area contributed by atoms with Gasteiger partial charge in [0.2, 0.25) is 17.5 Å². The molecule has 0 atom stereocenters. The van der Waals surface area contributed by atoms with Crippen molar-refractivity contribution in [1.82, 2.24) is 10.2 Å². The van der Waals surface area contributed by atoms with Crippen LogP contribution in [0.2, 0.25) is 0 Å². The Morgan fingerprint density at radius 3 is 2.27 bits per heavy atom. The van der Waals surface area contributed by atoms with E-state index < -0.39 is 4.92 Å². The number of carbonyl (C=O) groups excluding carboxylic acids is 1. The average Bonchev–Trinajstić information content (AvgIpc) is 3.31. The van der Waals surface area contributed by atoms with Crippen molar-refractivity contribution in [3.8, 4) is 34.5 Å². The molecule has 174 valence electrons. The number of non-ortho nitro benzene ring substituents is 1. The SMILES string of the molecule is COc1cc([N+](=O)[O-])ccc1NC(=O)CSc1nnc(-c2cc(OC)c(OC)c(OC)c2)o1. The highest BCUT2D eigenvalue weighted by Gasteiger charge is 2.19. The lowest BCUT2D eigenvalue weighted by Gasteiger charge is -2.12. The van der Waals surface area contributed by atoms with Gasteiger partial charge in [0.05, 0.1) is 50.9 Å². The summed E-state index contributed by atoms with van der Waals surface area (Å²) in [5.74, 6) is 1.22. The Kier molecular flexibility index (Phi) is 7.56. The van der Waals surface area contributed by atoms with Crippen LogP contribution in [0.3, 0.4) is 0 Å². The summed E-state index contributed by atoms with van der Waals surface area (Å²) in [4.78, 5) is 22.7. The van der Waals surface area contributed by atoms with Crippen molar-refractivity contribution in [2.24, 2.45) is 0 Å². The molecule has 2 aromatic carbocycles.